The Balaban J connectivity index is 2.07. The Bertz CT molecular complexity index is 775. The molecule has 0 saturated carbocycles. The Hall–Kier alpha value is -2.90. The van der Waals surface area contributed by atoms with E-state index in [4.69, 9.17) is 14.0 Å². The Morgan fingerprint density at radius 3 is 2.31 bits per heavy atom. The highest BCUT2D eigenvalue weighted by Crippen LogP contribution is 2.37. The van der Waals surface area contributed by atoms with Crippen molar-refractivity contribution in [2.75, 3.05) is 20.8 Å². The first-order valence-electron chi connectivity index (χ1n) is 9.97. The minimum atomic E-state index is -0.0219. The van der Waals surface area contributed by atoms with Crippen molar-refractivity contribution in [3.8, 4) is 17.2 Å². The number of benzene rings is 1. The van der Waals surface area contributed by atoms with E-state index in [1.807, 2.05) is 13.0 Å². The third-order valence-electron chi connectivity index (χ3n) is 4.71. The van der Waals surface area contributed by atoms with Gasteiger partial charge in [0.2, 0.25) is 5.75 Å². The molecule has 0 saturated heterocycles. The lowest BCUT2D eigenvalue weighted by atomic mass is 9.99. The van der Waals surface area contributed by atoms with Crippen LogP contribution in [0.15, 0.2) is 27.7 Å². The van der Waals surface area contributed by atoms with Crippen LogP contribution in [0, 0.1) is 0 Å². The molecule has 2 aromatic rings. The van der Waals surface area contributed by atoms with Crippen LogP contribution in [-0.4, -0.2) is 37.0 Å². The Morgan fingerprint density at radius 2 is 1.76 bits per heavy atom. The molecule has 0 amide bonds. The number of methoxy groups -OCH3 is 2. The van der Waals surface area contributed by atoms with Crippen LogP contribution in [0.4, 0.5) is 0 Å². The van der Waals surface area contributed by atoms with Crippen molar-refractivity contribution in [2.24, 2.45) is 4.99 Å². The molecular weight excluding hydrogens is 372 g/mol. The maximum Gasteiger partial charge on any atom is 0.200 e. The van der Waals surface area contributed by atoms with Crippen molar-refractivity contribution in [1.29, 1.82) is 0 Å². The van der Waals surface area contributed by atoms with Crippen LogP contribution >= 0.6 is 0 Å². The van der Waals surface area contributed by atoms with Crippen LogP contribution < -0.4 is 20.1 Å². The molecule has 1 heterocycles. The summed E-state index contributed by atoms with van der Waals surface area (Å²) < 4.78 is 15.9. The molecule has 0 atom stereocenters. The molecule has 1 aromatic carbocycles. The molecular formula is C21H32N4O4. The highest BCUT2D eigenvalue weighted by atomic mass is 16.5. The second-order valence-corrected chi connectivity index (χ2v) is 6.63. The van der Waals surface area contributed by atoms with Gasteiger partial charge in [0.25, 0.3) is 0 Å². The van der Waals surface area contributed by atoms with Gasteiger partial charge < -0.3 is 29.7 Å². The molecule has 3 N–H and O–H groups in total. The molecule has 0 aliphatic carbocycles. The molecule has 1 aromatic heterocycles. The lowest BCUT2D eigenvalue weighted by Crippen LogP contribution is -2.36. The fourth-order valence-corrected chi connectivity index (χ4v) is 3.03. The summed E-state index contributed by atoms with van der Waals surface area (Å²) in [5, 5.41) is 20.7. The first kappa shape index (κ1) is 22.4. The highest BCUT2D eigenvalue weighted by Gasteiger charge is 2.14. The second-order valence-electron chi connectivity index (χ2n) is 6.63. The Morgan fingerprint density at radius 1 is 1.10 bits per heavy atom. The van der Waals surface area contributed by atoms with Crippen molar-refractivity contribution in [3.63, 3.8) is 0 Å². The van der Waals surface area contributed by atoms with Crippen molar-refractivity contribution in [3.05, 3.63) is 35.2 Å². The fourth-order valence-electron chi connectivity index (χ4n) is 3.03. The fraction of sp³-hybridized carbons (Fsp3) is 0.524. The van der Waals surface area contributed by atoms with Crippen LogP contribution in [0.5, 0.6) is 17.2 Å². The molecule has 160 valence electrons. The molecule has 29 heavy (non-hydrogen) atoms. The van der Waals surface area contributed by atoms with Crippen LogP contribution in [0.25, 0.3) is 0 Å². The van der Waals surface area contributed by atoms with E-state index in [0.717, 1.165) is 36.4 Å². The molecule has 8 heteroatoms. The zero-order valence-electron chi connectivity index (χ0n) is 17.9. The molecule has 0 spiro atoms. The third kappa shape index (κ3) is 6.04. The Labute approximate surface area is 172 Å². The van der Waals surface area contributed by atoms with E-state index in [1.165, 1.54) is 14.2 Å². The summed E-state index contributed by atoms with van der Waals surface area (Å²) in [7, 11) is 3.00. The number of ether oxygens (including phenoxy) is 2. The van der Waals surface area contributed by atoms with Gasteiger partial charge in [-0.2, -0.15) is 0 Å². The van der Waals surface area contributed by atoms with Gasteiger partial charge in [0, 0.05) is 18.5 Å². The smallest absolute Gasteiger partial charge is 0.200 e. The number of phenolic OH excluding ortho intramolecular Hbond substituents is 1. The monoisotopic (exact) mass is 404 g/mol. The summed E-state index contributed by atoms with van der Waals surface area (Å²) in [6.45, 7) is 7.92. The SMILES string of the molecule is CCNC(=NCc1cc(OC)c(O)c(OC)c1)NCc1cc(C(CC)CC)no1. The largest absolute Gasteiger partial charge is 0.502 e. The van der Waals surface area contributed by atoms with Gasteiger partial charge in [-0.25, -0.2) is 4.99 Å². The average Bonchev–Trinajstić information content (AvgIpc) is 3.20. The van der Waals surface area contributed by atoms with Gasteiger partial charge in [-0.1, -0.05) is 19.0 Å². The lowest BCUT2D eigenvalue weighted by molar-refractivity contribution is 0.339. The van der Waals surface area contributed by atoms with E-state index in [-0.39, 0.29) is 5.75 Å². The zero-order valence-corrected chi connectivity index (χ0v) is 17.9. The van der Waals surface area contributed by atoms with E-state index < -0.39 is 0 Å². The van der Waals surface area contributed by atoms with E-state index in [0.29, 0.717) is 36.5 Å². The Kier molecular flexibility index (Phi) is 8.64. The number of hydrogen-bond donors (Lipinski definition) is 3. The van der Waals surface area contributed by atoms with Gasteiger partial charge in [-0.15, -0.1) is 0 Å². The molecule has 0 aliphatic heterocycles. The summed E-state index contributed by atoms with van der Waals surface area (Å²) in [5.41, 5.74) is 1.85. The van der Waals surface area contributed by atoms with Gasteiger partial charge in [-0.05, 0) is 37.5 Å². The van der Waals surface area contributed by atoms with E-state index in [1.54, 1.807) is 12.1 Å². The maximum atomic E-state index is 10.0. The maximum absolute atomic E-state index is 10.0. The molecule has 0 bridgehead atoms. The van der Waals surface area contributed by atoms with Crippen molar-refractivity contribution in [2.45, 2.75) is 52.6 Å². The number of aromatic nitrogens is 1. The summed E-state index contributed by atoms with van der Waals surface area (Å²) in [4.78, 5) is 4.59. The molecule has 0 aliphatic rings. The van der Waals surface area contributed by atoms with Crippen LogP contribution in [0.1, 0.15) is 56.5 Å². The topological polar surface area (TPSA) is 101 Å². The van der Waals surface area contributed by atoms with Crippen LogP contribution in [-0.2, 0) is 13.1 Å². The number of hydrogen-bond acceptors (Lipinski definition) is 6. The number of nitrogens with one attached hydrogen (secondary N) is 2. The van der Waals surface area contributed by atoms with Crippen molar-refractivity contribution < 1.29 is 19.1 Å². The van der Waals surface area contributed by atoms with E-state index in [2.05, 4.69) is 34.6 Å². The van der Waals surface area contributed by atoms with Crippen LogP contribution in [0.3, 0.4) is 0 Å². The number of aliphatic imine (C=N–C) groups is 1. The molecule has 8 nitrogen and oxygen atoms in total. The normalized spacial score (nSPS) is 11.6. The molecule has 0 radical (unpaired) electrons. The number of nitrogens with zero attached hydrogens (tertiary/aromatic N) is 2. The van der Waals surface area contributed by atoms with E-state index >= 15 is 0 Å². The predicted molar refractivity (Wildman–Crippen MR) is 113 cm³/mol. The van der Waals surface area contributed by atoms with Crippen molar-refractivity contribution >= 4 is 5.96 Å². The molecule has 0 fully saturated rings. The van der Waals surface area contributed by atoms with E-state index in [9.17, 15) is 5.11 Å². The van der Waals surface area contributed by atoms with Crippen LogP contribution in [0.2, 0.25) is 0 Å². The minimum Gasteiger partial charge on any atom is -0.502 e. The van der Waals surface area contributed by atoms with Gasteiger partial charge >= 0.3 is 0 Å². The van der Waals surface area contributed by atoms with Crippen molar-refractivity contribution in [1.82, 2.24) is 15.8 Å². The highest BCUT2D eigenvalue weighted by molar-refractivity contribution is 5.79. The number of phenols is 1. The quantitative estimate of drug-likeness (QED) is 0.411. The predicted octanol–water partition coefficient (Wildman–Crippen LogP) is 3.56. The lowest BCUT2D eigenvalue weighted by Gasteiger charge is -2.12. The number of guanidine groups is 1. The van der Waals surface area contributed by atoms with Gasteiger partial charge in [0.05, 0.1) is 33.0 Å². The summed E-state index contributed by atoms with van der Waals surface area (Å²) in [6, 6.07) is 5.48. The summed E-state index contributed by atoms with van der Waals surface area (Å²) in [6.07, 6.45) is 2.08. The summed E-state index contributed by atoms with van der Waals surface area (Å²) >= 11 is 0. The second kappa shape index (κ2) is 11.2. The standard InChI is InChI=1S/C21H32N4O4/c1-6-15(7-2)17-11-16(29-25-17)13-24-21(22-8-3)23-12-14-9-18(27-4)20(26)19(10-14)28-5/h9-11,15,26H,6-8,12-13H2,1-5H3,(H2,22,23,24). The zero-order chi connectivity index (χ0) is 21.2. The summed E-state index contributed by atoms with van der Waals surface area (Å²) in [5.74, 6) is 2.52. The molecule has 0 unspecified atom stereocenters. The molecule has 2 rings (SSSR count). The minimum absolute atomic E-state index is 0.0219. The first-order valence-corrected chi connectivity index (χ1v) is 9.97. The third-order valence-corrected chi connectivity index (χ3v) is 4.71. The van der Waals surface area contributed by atoms with Gasteiger partial charge in [-0.3, -0.25) is 0 Å². The number of aromatic hydroxyl groups is 1. The van der Waals surface area contributed by atoms with Gasteiger partial charge in [0.15, 0.2) is 23.2 Å². The number of rotatable bonds is 10. The van der Waals surface area contributed by atoms with Gasteiger partial charge in [0.1, 0.15) is 0 Å². The average molecular weight is 405 g/mol. The first-order chi connectivity index (χ1) is 14.1.